The Morgan fingerprint density at radius 3 is 2.84 bits per heavy atom. The number of hydrogen-bond donors (Lipinski definition) is 3. The third kappa shape index (κ3) is 2.65. The summed E-state index contributed by atoms with van der Waals surface area (Å²) in [4.78, 5) is 22.3. The molecule has 0 radical (unpaired) electrons. The van der Waals surface area contributed by atoms with E-state index in [-0.39, 0.29) is 34.9 Å². The fourth-order valence-corrected chi connectivity index (χ4v) is 2.19. The largest absolute Gasteiger partial charge is 0.505 e. The Kier molecular flexibility index (Phi) is 3.66. The maximum absolute atomic E-state index is 12.1. The van der Waals surface area contributed by atoms with E-state index in [0.29, 0.717) is 6.54 Å². The minimum atomic E-state index is -0.633. The Morgan fingerprint density at radius 1 is 1.53 bits per heavy atom. The van der Waals surface area contributed by atoms with E-state index in [4.69, 9.17) is 0 Å². The van der Waals surface area contributed by atoms with Gasteiger partial charge in [-0.25, -0.2) is 0 Å². The third-order valence-electron chi connectivity index (χ3n) is 3.32. The van der Waals surface area contributed by atoms with Crippen LogP contribution in [0, 0.1) is 22.0 Å². The highest BCUT2D eigenvalue weighted by Crippen LogP contribution is 2.33. The van der Waals surface area contributed by atoms with Gasteiger partial charge in [-0.05, 0) is 18.5 Å². The Hall–Kier alpha value is -2.15. The van der Waals surface area contributed by atoms with Crippen LogP contribution < -0.4 is 10.6 Å². The monoisotopic (exact) mass is 265 g/mol. The van der Waals surface area contributed by atoms with Crippen molar-refractivity contribution in [2.24, 2.45) is 11.8 Å². The van der Waals surface area contributed by atoms with Crippen molar-refractivity contribution in [2.75, 3.05) is 18.4 Å². The van der Waals surface area contributed by atoms with Gasteiger partial charge < -0.3 is 15.7 Å². The van der Waals surface area contributed by atoms with Gasteiger partial charge in [0.2, 0.25) is 5.91 Å². The Labute approximate surface area is 109 Å². The summed E-state index contributed by atoms with van der Waals surface area (Å²) >= 11 is 0. The molecule has 1 saturated heterocycles. The number of amides is 1. The highest BCUT2D eigenvalue weighted by molar-refractivity contribution is 5.96. The topological polar surface area (TPSA) is 104 Å². The van der Waals surface area contributed by atoms with Crippen LogP contribution in [0.5, 0.6) is 5.75 Å². The molecule has 1 aromatic rings. The number of para-hydroxylation sites is 1. The zero-order chi connectivity index (χ0) is 14.0. The zero-order valence-electron chi connectivity index (χ0n) is 10.4. The summed E-state index contributed by atoms with van der Waals surface area (Å²) in [6, 6.07) is 3.91. The van der Waals surface area contributed by atoms with Crippen LogP contribution in [0.2, 0.25) is 0 Å². The van der Waals surface area contributed by atoms with Gasteiger partial charge in [0.25, 0.3) is 5.69 Å². The molecule has 1 aliphatic rings. The van der Waals surface area contributed by atoms with E-state index < -0.39 is 4.92 Å². The SMILES string of the molecule is CC1CNCC1C(=O)Nc1c(O)cccc1[N+](=O)[O-]. The van der Waals surface area contributed by atoms with E-state index in [1.54, 1.807) is 0 Å². The smallest absolute Gasteiger partial charge is 0.296 e. The van der Waals surface area contributed by atoms with Crippen molar-refractivity contribution in [3.63, 3.8) is 0 Å². The molecule has 0 saturated carbocycles. The normalized spacial score (nSPS) is 22.2. The number of rotatable bonds is 3. The summed E-state index contributed by atoms with van der Waals surface area (Å²) in [6.45, 7) is 3.21. The molecule has 2 unspecified atom stereocenters. The first-order valence-electron chi connectivity index (χ1n) is 5.98. The predicted octanol–water partition coefficient (Wildman–Crippen LogP) is 1.09. The van der Waals surface area contributed by atoms with Crippen molar-refractivity contribution in [1.82, 2.24) is 5.32 Å². The molecule has 19 heavy (non-hydrogen) atoms. The number of nitro groups is 1. The number of benzene rings is 1. The lowest BCUT2D eigenvalue weighted by molar-refractivity contribution is -0.384. The number of phenols is 1. The van der Waals surface area contributed by atoms with Crippen molar-refractivity contribution in [1.29, 1.82) is 0 Å². The molecular weight excluding hydrogens is 250 g/mol. The molecule has 0 spiro atoms. The Morgan fingerprint density at radius 2 is 2.26 bits per heavy atom. The summed E-state index contributed by atoms with van der Waals surface area (Å²) in [7, 11) is 0. The molecule has 1 aromatic carbocycles. The van der Waals surface area contributed by atoms with Gasteiger partial charge in [0.05, 0.1) is 10.8 Å². The third-order valence-corrected chi connectivity index (χ3v) is 3.32. The zero-order valence-corrected chi connectivity index (χ0v) is 10.4. The second-order valence-electron chi connectivity index (χ2n) is 4.66. The number of aromatic hydroxyl groups is 1. The first-order chi connectivity index (χ1) is 9.00. The van der Waals surface area contributed by atoms with E-state index >= 15 is 0 Å². The first kappa shape index (κ1) is 13.3. The van der Waals surface area contributed by atoms with E-state index in [1.165, 1.54) is 18.2 Å². The molecule has 2 rings (SSSR count). The number of phenolic OH excluding ortho intramolecular Hbond substituents is 1. The lowest BCUT2D eigenvalue weighted by Crippen LogP contribution is -2.28. The molecule has 0 aromatic heterocycles. The van der Waals surface area contributed by atoms with Gasteiger partial charge in [-0.1, -0.05) is 13.0 Å². The fraction of sp³-hybridized carbons (Fsp3) is 0.417. The van der Waals surface area contributed by atoms with Crippen LogP contribution in [-0.4, -0.2) is 29.0 Å². The number of nitrogens with one attached hydrogen (secondary N) is 2. The minimum absolute atomic E-state index is 0.142. The molecule has 0 aliphatic carbocycles. The summed E-state index contributed by atoms with van der Waals surface area (Å²) in [6.07, 6.45) is 0. The van der Waals surface area contributed by atoms with Crippen LogP contribution in [-0.2, 0) is 4.79 Å². The molecule has 7 nitrogen and oxygen atoms in total. The molecule has 1 aliphatic heterocycles. The van der Waals surface area contributed by atoms with Gasteiger partial charge in [-0.3, -0.25) is 14.9 Å². The van der Waals surface area contributed by atoms with Crippen LogP contribution in [0.1, 0.15) is 6.92 Å². The number of hydrogen-bond acceptors (Lipinski definition) is 5. The molecule has 3 N–H and O–H groups in total. The second kappa shape index (κ2) is 5.23. The molecule has 0 bridgehead atoms. The van der Waals surface area contributed by atoms with Gasteiger partial charge in [-0.2, -0.15) is 0 Å². The van der Waals surface area contributed by atoms with E-state index in [1.807, 2.05) is 6.92 Å². The van der Waals surface area contributed by atoms with Gasteiger partial charge in [0.15, 0.2) is 5.69 Å². The van der Waals surface area contributed by atoms with Crippen LogP contribution in [0.3, 0.4) is 0 Å². The van der Waals surface area contributed by atoms with Crippen LogP contribution in [0.25, 0.3) is 0 Å². The van der Waals surface area contributed by atoms with Crippen molar-refractivity contribution < 1.29 is 14.8 Å². The quantitative estimate of drug-likeness (QED) is 0.431. The van der Waals surface area contributed by atoms with E-state index in [0.717, 1.165) is 6.54 Å². The number of carbonyl (C=O) groups excluding carboxylic acids is 1. The molecule has 7 heteroatoms. The molecule has 1 fully saturated rings. The van der Waals surface area contributed by atoms with Crippen LogP contribution in [0.15, 0.2) is 18.2 Å². The second-order valence-corrected chi connectivity index (χ2v) is 4.66. The Bertz CT molecular complexity index is 518. The predicted molar refractivity (Wildman–Crippen MR) is 68.9 cm³/mol. The van der Waals surface area contributed by atoms with Crippen molar-refractivity contribution in [3.05, 3.63) is 28.3 Å². The number of nitrogens with zero attached hydrogens (tertiary/aromatic N) is 1. The molecule has 1 heterocycles. The summed E-state index contributed by atoms with van der Waals surface area (Å²) in [5.41, 5.74) is -0.455. The number of anilines is 1. The molecule has 2 atom stereocenters. The summed E-state index contributed by atoms with van der Waals surface area (Å²) in [5.74, 6) is -0.715. The van der Waals surface area contributed by atoms with Crippen LogP contribution >= 0.6 is 0 Å². The van der Waals surface area contributed by atoms with Crippen molar-refractivity contribution in [2.45, 2.75) is 6.92 Å². The Balaban J connectivity index is 2.23. The standard InChI is InChI=1S/C12H15N3O4/c1-7-5-13-6-8(7)12(17)14-11-9(15(18)19)3-2-4-10(11)16/h2-4,7-8,13,16H,5-6H2,1H3,(H,14,17). The van der Waals surface area contributed by atoms with Gasteiger partial charge in [0.1, 0.15) is 5.75 Å². The number of carbonyl (C=O) groups is 1. The maximum atomic E-state index is 12.1. The molecule has 102 valence electrons. The number of nitro benzene ring substituents is 1. The van der Waals surface area contributed by atoms with Gasteiger partial charge >= 0.3 is 0 Å². The lowest BCUT2D eigenvalue weighted by Gasteiger charge is -2.14. The van der Waals surface area contributed by atoms with Crippen molar-refractivity contribution in [3.8, 4) is 5.75 Å². The van der Waals surface area contributed by atoms with Crippen molar-refractivity contribution >= 4 is 17.3 Å². The average Bonchev–Trinajstić information content (AvgIpc) is 2.77. The highest BCUT2D eigenvalue weighted by atomic mass is 16.6. The lowest BCUT2D eigenvalue weighted by atomic mass is 9.97. The highest BCUT2D eigenvalue weighted by Gasteiger charge is 2.31. The van der Waals surface area contributed by atoms with E-state index in [9.17, 15) is 20.0 Å². The minimum Gasteiger partial charge on any atom is -0.505 e. The average molecular weight is 265 g/mol. The van der Waals surface area contributed by atoms with Crippen LogP contribution in [0.4, 0.5) is 11.4 Å². The summed E-state index contributed by atoms with van der Waals surface area (Å²) < 4.78 is 0. The molecule has 1 amide bonds. The van der Waals surface area contributed by atoms with Gasteiger partial charge in [0, 0.05) is 12.6 Å². The molecular formula is C12H15N3O4. The van der Waals surface area contributed by atoms with E-state index in [2.05, 4.69) is 10.6 Å². The maximum Gasteiger partial charge on any atom is 0.296 e. The van der Waals surface area contributed by atoms with Gasteiger partial charge in [-0.15, -0.1) is 0 Å². The first-order valence-corrected chi connectivity index (χ1v) is 5.98. The fourth-order valence-electron chi connectivity index (χ4n) is 2.19. The summed E-state index contributed by atoms with van der Waals surface area (Å²) in [5, 5.41) is 26.1.